The highest BCUT2D eigenvalue weighted by Gasteiger charge is 2.31. The lowest BCUT2D eigenvalue weighted by molar-refractivity contribution is -0.122. The summed E-state index contributed by atoms with van der Waals surface area (Å²) in [5.74, 6) is -0.941. The summed E-state index contributed by atoms with van der Waals surface area (Å²) >= 11 is 11.5. The number of rotatable bonds is 3. The minimum absolute atomic E-state index is 0.0280. The topological polar surface area (TPSA) is 59.5 Å². The molecule has 2 heterocycles. The van der Waals surface area contributed by atoms with E-state index in [2.05, 4.69) is 4.98 Å². The number of esters is 1. The van der Waals surface area contributed by atoms with E-state index in [0.29, 0.717) is 0 Å². The maximum Gasteiger partial charge on any atom is 0.340 e. The van der Waals surface area contributed by atoms with Crippen molar-refractivity contribution in [2.24, 2.45) is 0 Å². The van der Waals surface area contributed by atoms with E-state index in [1.54, 1.807) is 4.90 Å². The summed E-state index contributed by atoms with van der Waals surface area (Å²) in [6.07, 6.45) is 2.04. The van der Waals surface area contributed by atoms with Gasteiger partial charge in [-0.2, -0.15) is 0 Å². The van der Waals surface area contributed by atoms with Crippen LogP contribution in [0.2, 0.25) is 10.2 Å². The molecule has 124 valence electrons. The molecule has 1 amide bonds. The SMILES string of the molecule is C[C@H]1Cc2ccccc2N1C(=O)COC(=O)c1cnc(Cl)c(Cl)c1. The van der Waals surface area contributed by atoms with E-state index < -0.39 is 5.97 Å². The molecule has 0 unspecified atom stereocenters. The zero-order valence-corrected chi connectivity index (χ0v) is 14.3. The Labute approximate surface area is 149 Å². The highest BCUT2D eigenvalue weighted by Crippen LogP contribution is 2.31. The lowest BCUT2D eigenvalue weighted by Crippen LogP contribution is -2.38. The van der Waals surface area contributed by atoms with E-state index in [-0.39, 0.29) is 34.3 Å². The van der Waals surface area contributed by atoms with E-state index in [9.17, 15) is 9.59 Å². The van der Waals surface area contributed by atoms with Gasteiger partial charge < -0.3 is 9.64 Å². The average Bonchev–Trinajstić information content (AvgIpc) is 2.90. The normalized spacial score (nSPS) is 16.0. The molecule has 0 spiro atoms. The van der Waals surface area contributed by atoms with Gasteiger partial charge in [0.2, 0.25) is 0 Å². The molecule has 24 heavy (non-hydrogen) atoms. The minimum atomic E-state index is -0.672. The summed E-state index contributed by atoms with van der Waals surface area (Å²) in [5, 5.41) is 0.256. The van der Waals surface area contributed by atoms with Crippen molar-refractivity contribution in [2.45, 2.75) is 19.4 Å². The number of pyridine rings is 1. The zero-order chi connectivity index (χ0) is 17.3. The number of carbonyl (C=O) groups excluding carboxylic acids is 2. The third-order valence-corrected chi connectivity index (χ3v) is 4.52. The third-order valence-electron chi connectivity index (χ3n) is 3.83. The van der Waals surface area contributed by atoms with Crippen LogP contribution in [-0.4, -0.2) is 29.5 Å². The molecular weight excluding hydrogens is 351 g/mol. The van der Waals surface area contributed by atoms with E-state index >= 15 is 0 Å². The Morgan fingerprint density at radius 1 is 1.33 bits per heavy atom. The summed E-state index contributed by atoms with van der Waals surface area (Å²) in [5.41, 5.74) is 2.12. The number of ether oxygens (including phenoxy) is 1. The number of hydrogen-bond donors (Lipinski definition) is 0. The fourth-order valence-electron chi connectivity index (χ4n) is 2.76. The van der Waals surface area contributed by atoms with Gasteiger partial charge in [0.25, 0.3) is 5.91 Å². The lowest BCUT2D eigenvalue weighted by atomic mass is 10.1. The van der Waals surface area contributed by atoms with Gasteiger partial charge in [-0.3, -0.25) is 4.79 Å². The zero-order valence-electron chi connectivity index (χ0n) is 12.8. The fourth-order valence-corrected chi connectivity index (χ4v) is 3.03. The molecule has 0 aliphatic carbocycles. The number of halogens is 2. The highest BCUT2D eigenvalue weighted by molar-refractivity contribution is 6.41. The van der Waals surface area contributed by atoms with Gasteiger partial charge in [-0.25, -0.2) is 9.78 Å². The summed E-state index contributed by atoms with van der Waals surface area (Å²) in [6, 6.07) is 9.09. The Morgan fingerprint density at radius 2 is 2.08 bits per heavy atom. The average molecular weight is 365 g/mol. The molecule has 5 nitrogen and oxygen atoms in total. The Morgan fingerprint density at radius 3 is 2.83 bits per heavy atom. The molecule has 1 aliphatic heterocycles. The second-order valence-corrected chi connectivity index (χ2v) is 6.28. The molecule has 3 rings (SSSR count). The molecule has 2 aromatic rings. The predicted octanol–water partition coefficient (Wildman–Crippen LogP) is 3.52. The van der Waals surface area contributed by atoms with Crippen molar-refractivity contribution < 1.29 is 14.3 Å². The first-order valence-corrected chi connectivity index (χ1v) is 8.11. The Balaban J connectivity index is 1.67. The number of nitrogens with zero attached hydrogens (tertiary/aromatic N) is 2. The van der Waals surface area contributed by atoms with Crippen molar-refractivity contribution in [3.63, 3.8) is 0 Å². The quantitative estimate of drug-likeness (QED) is 0.617. The smallest absolute Gasteiger partial charge is 0.340 e. The van der Waals surface area contributed by atoms with Crippen LogP contribution in [0.3, 0.4) is 0 Å². The van der Waals surface area contributed by atoms with Gasteiger partial charge >= 0.3 is 5.97 Å². The number of amides is 1. The van der Waals surface area contributed by atoms with Gasteiger partial charge in [-0.1, -0.05) is 41.4 Å². The molecule has 0 fully saturated rings. The predicted molar refractivity (Wildman–Crippen MR) is 91.6 cm³/mol. The third kappa shape index (κ3) is 3.23. The number of benzene rings is 1. The molecule has 0 saturated heterocycles. The van der Waals surface area contributed by atoms with Crippen LogP contribution in [0, 0.1) is 0 Å². The van der Waals surface area contributed by atoms with Gasteiger partial charge in [0.1, 0.15) is 5.15 Å². The first kappa shape index (κ1) is 16.7. The molecule has 0 N–H and O–H groups in total. The first-order valence-electron chi connectivity index (χ1n) is 7.35. The number of anilines is 1. The Bertz CT molecular complexity index is 810. The molecule has 1 atom stereocenters. The molecule has 0 saturated carbocycles. The lowest BCUT2D eigenvalue weighted by Gasteiger charge is -2.22. The second-order valence-electron chi connectivity index (χ2n) is 5.52. The fraction of sp³-hybridized carbons (Fsp3) is 0.235. The van der Waals surface area contributed by atoms with Crippen molar-refractivity contribution in [2.75, 3.05) is 11.5 Å². The molecule has 1 aromatic heterocycles. The number of para-hydroxylation sites is 1. The van der Waals surface area contributed by atoms with Gasteiger partial charge in [0.05, 0.1) is 10.6 Å². The van der Waals surface area contributed by atoms with Gasteiger partial charge in [0.15, 0.2) is 6.61 Å². The number of hydrogen-bond acceptors (Lipinski definition) is 4. The van der Waals surface area contributed by atoms with Crippen molar-refractivity contribution >= 4 is 40.8 Å². The van der Waals surface area contributed by atoms with Crippen LogP contribution in [0.25, 0.3) is 0 Å². The van der Waals surface area contributed by atoms with Crippen LogP contribution in [-0.2, 0) is 16.0 Å². The molecule has 1 aliphatic rings. The van der Waals surface area contributed by atoms with Crippen LogP contribution in [0.5, 0.6) is 0 Å². The van der Waals surface area contributed by atoms with E-state index in [4.69, 9.17) is 27.9 Å². The standard InChI is InChI=1S/C17H14Cl2N2O3/c1-10-6-11-4-2-3-5-14(11)21(10)15(22)9-24-17(23)12-7-13(18)16(19)20-8-12/h2-5,7-8,10H,6,9H2,1H3/t10-/m0/s1. The Kier molecular flexibility index (Phi) is 4.73. The molecule has 0 bridgehead atoms. The molecular formula is C17H14Cl2N2O3. The second kappa shape index (κ2) is 6.79. The highest BCUT2D eigenvalue weighted by atomic mass is 35.5. The van der Waals surface area contributed by atoms with Gasteiger partial charge in [-0.15, -0.1) is 0 Å². The molecule has 7 heteroatoms. The monoisotopic (exact) mass is 364 g/mol. The summed E-state index contributed by atoms with van der Waals surface area (Å²) < 4.78 is 5.09. The number of fused-ring (bicyclic) bond motifs is 1. The van der Waals surface area contributed by atoms with E-state index in [1.165, 1.54) is 12.3 Å². The number of aromatic nitrogens is 1. The summed E-state index contributed by atoms with van der Waals surface area (Å²) in [6.45, 7) is 1.61. The van der Waals surface area contributed by atoms with Gasteiger partial charge in [0, 0.05) is 17.9 Å². The molecule has 0 radical (unpaired) electrons. The van der Waals surface area contributed by atoms with Crippen LogP contribution in [0.4, 0.5) is 5.69 Å². The van der Waals surface area contributed by atoms with Gasteiger partial charge in [-0.05, 0) is 31.0 Å². The largest absolute Gasteiger partial charge is 0.452 e. The maximum atomic E-state index is 12.5. The van der Waals surface area contributed by atoms with Crippen molar-refractivity contribution in [3.05, 3.63) is 57.8 Å². The summed E-state index contributed by atoms with van der Waals surface area (Å²) in [7, 11) is 0. The van der Waals surface area contributed by atoms with Crippen molar-refractivity contribution in [1.29, 1.82) is 0 Å². The summed E-state index contributed by atoms with van der Waals surface area (Å²) in [4.78, 5) is 29.9. The number of carbonyl (C=O) groups is 2. The van der Waals surface area contributed by atoms with Crippen LogP contribution in [0.15, 0.2) is 36.5 Å². The Hall–Kier alpha value is -2.11. The maximum absolute atomic E-state index is 12.5. The van der Waals surface area contributed by atoms with Crippen LogP contribution >= 0.6 is 23.2 Å². The van der Waals surface area contributed by atoms with Crippen LogP contribution in [0.1, 0.15) is 22.8 Å². The minimum Gasteiger partial charge on any atom is -0.452 e. The van der Waals surface area contributed by atoms with E-state index in [1.807, 2.05) is 31.2 Å². The van der Waals surface area contributed by atoms with Crippen LogP contribution < -0.4 is 4.90 Å². The van der Waals surface area contributed by atoms with E-state index in [0.717, 1.165) is 17.7 Å². The van der Waals surface area contributed by atoms with Crippen molar-refractivity contribution in [1.82, 2.24) is 4.98 Å². The first-order chi connectivity index (χ1) is 11.5. The van der Waals surface area contributed by atoms with Crippen molar-refractivity contribution in [3.8, 4) is 0 Å². The molecule has 1 aromatic carbocycles.